The van der Waals surface area contributed by atoms with E-state index >= 15 is 0 Å². The first-order valence-electron chi connectivity index (χ1n) is 4.29. The minimum absolute atomic E-state index is 0.144. The van der Waals surface area contributed by atoms with Crippen LogP contribution in [0.15, 0.2) is 12.1 Å². The lowest BCUT2D eigenvalue weighted by molar-refractivity contribution is 0.618. The Balaban J connectivity index is 0.000000671. The van der Waals surface area contributed by atoms with E-state index < -0.39 is 0 Å². The van der Waals surface area contributed by atoms with Gasteiger partial charge in [0.15, 0.2) is 0 Å². The standard InChI is InChI=1S/C8H9ClFN.C2H6/c1-5-2-6(4-11)3-7(9)8(5)10;1-2/h2-3H,4,11H2,1H3;1-2H3. The van der Waals surface area contributed by atoms with Crippen LogP contribution in [-0.2, 0) is 6.54 Å². The third kappa shape index (κ3) is 3.33. The fourth-order valence-corrected chi connectivity index (χ4v) is 1.20. The third-order valence-corrected chi connectivity index (χ3v) is 1.78. The van der Waals surface area contributed by atoms with Crippen molar-refractivity contribution in [1.82, 2.24) is 0 Å². The van der Waals surface area contributed by atoms with Crippen LogP contribution in [0.3, 0.4) is 0 Å². The van der Waals surface area contributed by atoms with Crippen molar-refractivity contribution in [2.75, 3.05) is 0 Å². The first-order valence-corrected chi connectivity index (χ1v) is 4.67. The molecule has 0 aromatic heterocycles. The second-order valence-electron chi connectivity index (χ2n) is 2.41. The summed E-state index contributed by atoms with van der Waals surface area (Å²) in [6.07, 6.45) is 0. The molecule has 0 spiro atoms. The van der Waals surface area contributed by atoms with Crippen molar-refractivity contribution in [3.8, 4) is 0 Å². The fourth-order valence-electron chi connectivity index (χ4n) is 0.915. The van der Waals surface area contributed by atoms with Gasteiger partial charge in [-0.1, -0.05) is 31.5 Å². The second-order valence-corrected chi connectivity index (χ2v) is 2.82. The maximum atomic E-state index is 12.9. The molecule has 0 fully saturated rings. The van der Waals surface area contributed by atoms with Crippen LogP contribution in [0.4, 0.5) is 4.39 Å². The molecule has 1 aromatic rings. The Morgan fingerprint density at radius 1 is 1.38 bits per heavy atom. The highest BCUT2D eigenvalue weighted by atomic mass is 35.5. The monoisotopic (exact) mass is 203 g/mol. The highest BCUT2D eigenvalue weighted by Gasteiger charge is 2.03. The number of nitrogens with two attached hydrogens (primary N) is 1. The SMILES string of the molecule is CC.Cc1cc(CN)cc(Cl)c1F. The summed E-state index contributed by atoms with van der Waals surface area (Å²) in [7, 11) is 0. The fraction of sp³-hybridized carbons (Fsp3) is 0.400. The molecule has 0 saturated heterocycles. The molecule has 1 rings (SSSR count). The topological polar surface area (TPSA) is 26.0 Å². The van der Waals surface area contributed by atoms with Crippen molar-refractivity contribution in [2.45, 2.75) is 27.3 Å². The molecule has 1 aromatic carbocycles. The molecule has 2 N–H and O–H groups in total. The second kappa shape index (κ2) is 5.95. The molecule has 0 unspecified atom stereocenters. The predicted molar refractivity (Wildman–Crippen MR) is 55.4 cm³/mol. The summed E-state index contributed by atoms with van der Waals surface area (Å²) in [5.74, 6) is -0.358. The molecule has 0 amide bonds. The average Bonchev–Trinajstić information content (AvgIpc) is 2.16. The van der Waals surface area contributed by atoms with Gasteiger partial charge in [-0.25, -0.2) is 4.39 Å². The number of rotatable bonds is 1. The third-order valence-electron chi connectivity index (χ3n) is 1.51. The van der Waals surface area contributed by atoms with E-state index in [9.17, 15) is 4.39 Å². The van der Waals surface area contributed by atoms with Gasteiger partial charge in [0.25, 0.3) is 0 Å². The molecule has 0 aliphatic heterocycles. The molecular weight excluding hydrogens is 189 g/mol. The molecule has 3 heteroatoms. The Morgan fingerprint density at radius 3 is 2.31 bits per heavy atom. The van der Waals surface area contributed by atoms with E-state index in [1.54, 1.807) is 19.1 Å². The molecule has 13 heavy (non-hydrogen) atoms. The van der Waals surface area contributed by atoms with E-state index in [1.165, 1.54) is 0 Å². The number of hydrogen-bond donors (Lipinski definition) is 1. The van der Waals surface area contributed by atoms with Gasteiger partial charge < -0.3 is 5.73 Å². The molecule has 0 radical (unpaired) electrons. The smallest absolute Gasteiger partial charge is 0.144 e. The van der Waals surface area contributed by atoms with Crippen LogP contribution in [0.5, 0.6) is 0 Å². The Bertz CT molecular complexity index is 251. The molecule has 1 nitrogen and oxygen atoms in total. The van der Waals surface area contributed by atoms with E-state index in [0.29, 0.717) is 12.1 Å². The summed E-state index contributed by atoms with van der Waals surface area (Å²) in [6, 6.07) is 3.24. The summed E-state index contributed by atoms with van der Waals surface area (Å²) < 4.78 is 12.9. The van der Waals surface area contributed by atoms with Crippen LogP contribution >= 0.6 is 11.6 Å². The zero-order chi connectivity index (χ0) is 10.4. The maximum absolute atomic E-state index is 12.9. The van der Waals surface area contributed by atoms with Crippen LogP contribution in [-0.4, -0.2) is 0 Å². The van der Waals surface area contributed by atoms with Crippen molar-refractivity contribution in [3.05, 3.63) is 34.1 Å². The van der Waals surface area contributed by atoms with Crippen LogP contribution in [0.25, 0.3) is 0 Å². The number of aryl methyl sites for hydroxylation is 1. The molecule has 0 heterocycles. The van der Waals surface area contributed by atoms with E-state index in [1.807, 2.05) is 13.8 Å². The Morgan fingerprint density at radius 2 is 1.92 bits per heavy atom. The first kappa shape index (κ1) is 12.4. The van der Waals surface area contributed by atoms with Gasteiger partial charge in [-0.3, -0.25) is 0 Å². The van der Waals surface area contributed by atoms with Crippen molar-refractivity contribution >= 4 is 11.6 Å². The lowest BCUT2D eigenvalue weighted by Crippen LogP contribution is -1.97. The van der Waals surface area contributed by atoms with E-state index in [0.717, 1.165) is 5.56 Å². The predicted octanol–water partition coefficient (Wildman–Crippen LogP) is 3.27. The highest BCUT2D eigenvalue weighted by Crippen LogP contribution is 2.19. The van der Waals surface area contributed by atoms with Gasteiger partial charge in [0.05, 0.1) is 5.02 Å². The van der Waals surface area contributed by atoms with Crippen molar-refractivity contribution in [3.63, 3.8) is 0 Å². The lowest BCUT2D eigenvalue weighted by Gasteiger charge is -2.02. The summed E-state index contributed by atoms with van der Waals surface area (Å²) in [4.78, 5) is 0. The van der Waals surface area contributed by atoms with E-state index in [2.05, 4.69) is 0 Å². The highest BCUT2D eigenvalue weighted by molar-refractivity contribution is 6.30. The van der Waals surface area contributed by atoms with Crippen molar-refractivity contribution < 1.29 is 4.39 Å². The Hall–Kier alpha value is -0.600. The summed E-state index contributed by atoms with van der Waals surface area (Å²) in [5, 5.41) is 0.144. The molecular formula is C10H15ClFN. The average molecular weight is 204 g/mol. The molecule has 0 aliphatic rings. The zero-order valence-corrected chi connectivity index (χ0v) is 8.95. The van der Waals surface area contributed by atoms with Crippen LogP contribution in [0, 0.1) is 12.7 Å². The van der Waals surface area contributed by atoms with Gasteiger partial charge in [0.1, 0.15) is 5.82 Å². The van der Waals surface area contributed by atoms with E-state index in [-0.39, 0.29) is 10.8 Å². The van der Waals surface area contributed by atoms with E-state index in [4.69, 9.17) is 17.3 Å². The molecule has 74 valence electrons. The molecule has 0 saturated carbocycles. The number of benzene rings is 1. The number of hydrogen-bond acceptors (Lipinski definition) is 1. The van der Waals surface area contributed by atoms with Crippen LogP contribution in [0.2, 0.25) is 5.02 Å². The quantitative estimate of drug-likeness (QED) is 0.745. The van der Waals surface area contributed by atoms with Gasteiger partial charge >= 0.3 is 0 Å². The molecule has 0 bridgehead atoms. The zero-order valence-electron chi connectivity index (χ0n) is 8.20. The van der Waals surface area contributed by atoms with Crippen molar-refractivity contribution in [1.29, 1.82) is 0 Å². The first-order chi connectivity index (χ1) is 6.15. The lowest BCUT2D eigenvalue weighted by atomic mass is 10.1. The summed E-state index contributed by atoms with van der Waals surface area (Å²) >= 11 is 5.57. The van der Waals surface area contributed by atoms with Gasteiger partial charge in [-0.2, -0.15) is 0 Å². The summed E-state index contributed by atoms with van der Waals surface area (Å²) in [6.45, 7) is 6.06. The Kier molecular flexibility index (Phi) is 5.67. The van der Waals surface area contributed by atoms with Gasteiger partial charge in [0, 0.05) is 6.54 Å². The van der Waals surface area contributed by atoms with Crippen molar-refractivity contribution in [2.24, 2.45) is 5.73 Å². The minimum Gasteiger partial charge on any atom is -0.326 e. The Labute approximate surface area is 83.7 Å². The van der Waals surface area contributed by atoms with Crippen LogP contribution < -0.4 is 5.73 Å². The number of halogens is 2. The van der Waals surface area contributed by atoms with Crippen LogP contribution in [0.1, 0.15) is 25.0 Å². The largest absolute Gasteiger partial charge is 0.326 e. The molecule has 0 atom stereocenters. The van der Waals surface area contributed by atoms with Gasteiger partial charge in [-0.15, -0.1) is 0 Å². The van der Waals surface area contributed by atoms with Gasteiger partial charge in [0.2, 0.25) is 0 Å². The summed E-state index contributed by atoms with van der Waals surface area (Å²) in [5.41, 5.74) is 6.75. The normalized spacial score (nSPS) is 9.08. The van der Waals surface area contributed by atoms with Gasteiger partial charge in [-0.05, 0) is 24.1 Å². The minimum atomic E-state index is -0.358. The molecule has 0 aliphatic carbocycles. The maximum Gasteiger partial charge on any atom is 0.144 e.